The molecule has 0 saturated heterocycles. The summed E-state index contributed by atoms with van der Waals surface area (Å²) in [4.78, 5) is 9.64. The monoisotopic (exact) mass is 277 g/mol. The standard InChI is InChI=1S/C11H14F3N3O2/c1-2-7(15)6-16-10-4-3-8(17(18)19)5-9(10)11(12,13)14/h3-5,7,16H,2,6,15H2,1H3. The van der Waals surface area contributed by atoms with Gasteiger partial charge in [0.15, 0.2) is 0 Å². The van der Waals surface area contributed by atoms with E-state index < -0.39 is 22.4 Å². The van der Waals surface area contributed by atoms with E-state index in [1.165, 1.54) is 0 Å². The molecule has 0 aromatic heterocycles. The molecule has 1 atom stereocenters. The zero-order chi connectivity index (χ0) is 14.6. The third-order valence-corrected chi connectivity index (χ3v) is 2.60. The van der Waals surface area contributed by atoms with Crippen LogP contribution in [0.25, 0.3) is 0 Å². The van der Waals surface area contributed by atoms with Crippen molar-refractivity contribution in [2.75, 3.05) is 11.9 Å². The van der Waals surface area contributed by atoms with E-state index in [2.05, 4.69) is 5.32 Å². The summed E-state index contributed by atoms with van der Waals surface area (Å²) in [6.07, 6.45) is -4.05. The van der Waals surface area contributed by atoms with E-state index in [0.717, 1.165) is 12.1 Å². The fourth-order valence-electron chi connectivity index (χ4n) is 1.42. The maximum atomic E-state index is 12.8. The van der Waals surface area contributed by atoms with Crippen LogP contribution in [0, 0.1) is 10.1 Å². The van der Waals surface area contributed by atoms with Gasteiger partial charge in [0, 0.05) is 30.4 Å². The van der Waals surface area contributed by atoms with Crippen LogP contribution in [-0.4, -0.2) is 17.5 Å². The highest BCUT2D eigenvalue weighted by atomic mass is 19.4. The Morgan fingerprint density at radius 2 is 2.11 bits per heavy atom. The fraction of sp³-hybridized carbons (Fsp3) is 0.455. The molecule has 1 unspecified atom stereocenters. The highest BCUT2D eigenvalue weighted by Crippen LogP contribution is 2.36. The number of hydrogen-bond donors (Lipinski definition) is 2. The van der Waals surface area contributed by atoms with Crippen LogP contribution in [0.5, 0.6) is 0 Å². The molecule has 3 N–H and O–H groups in total. The van der Waals surface area contributed by atoms with Crippen LogP contribution in [0.15, 0.2) is 18.2 Å². The first kappa shape index (κ1) is 15.2. The number of nitrogens with zero attached hydrogens (tertiary/aromatic N) is 1. The van der Waals surface area contributed by atoms with Crippen LogP contribution < -0.4 is 11.1 Å². The third kappa shape index (κ3) is 4.09. The normalized spacial score (nSPS) is 13.1. The van der Waals surface area contributed by atoms with E-state index in [1.807, 2.05) is 6.92 Å². The van der Waals surface area contributed by atoms with Crippen molar-refractivity contribution < 1.29 is 18.1 Å². The molecule has 8 heteroatoms. The Hall–Kier alpha value is -1.83. The molecular formula is C11H14F3N3O2. The van der Waals surface area contributed by atoms with Crippen LogP contribution >= 0.6 is 0 Å². The van der Waals surface area contributed by atoms with Crippen molar-refractivity contribution >= 4 is 11.4 Å². The highest BCUT2D eigenvalue weighted by Gasteiger charge is 2.35. The molecular weight excluding hydrogens is 263 g/mol. The van der Waals surface area contributed by atoms with Gasteiger partial charge in [-0.15, -0.1) is 0 Å². The van der Waals surface area contributed by atoms with E-state index >= 15 is 0 Å². The number of benzene rings is 1. The second-order valence-electron chi connectivity index (χ2n) is 4.03. The number of hydrogen-bond acceptors (Lipinski definition) is 4. The quantitative estimate of drug-likeness (QED) is 0.640. The summed E-state index contributed by atoms with van der Waals surface area (Å²) in [6.45, 7) is 1.98. The average Bonchev–Trinajstić information content (AvgIpc) is 2.34. The molecule has 5 nitrogen and oxygen atoms in total. The molecule has 0 aliphatic heterocycles. The summed E-state index contributed by atoms with van der Waals surface area (Å²) in [5.41, 5.74) is 3.74. The maximum absolute atomic E-state index is 12.8. The second-order valence-corrected chi connectivity index (χ2v) is 4.03. The van der Waals surface area contributed by atoms with Crippen LogP contribution in [-0.2, 0) is 6.18 Å². The number of halogens is 3. The van der Waals surface area contributed by atoms with Crippen molar-refractivity contribution in [2.45, 2.75) is 25.6 Å². The first-order valence-electron chi connectivity index (χ1n) is 5.60. The van der Waals surface area contributed by atoms with Crippen molar-refractivity contribution in [3.8, 4) is 0 Å². The predicted molar refractivity (Wildman–Crippen MR) is 64.9 cm³/mol. The first-order valence-corrected chi connectivity index (χ1v) is 5.60. The average molecular weight is 277 g/mol. The molecule has 0 amide bonds. The lowest BCUT2D eigenvalue weighted by molar-refractivity contribution is -0.385. The van der Waals surface area contributed by atoms with Gasteiger partial charge >= 0.3 is 6.18 Å². The number of alkyl halides is 3. The smallest absolute Gasteiger partial charge is 0.383 e. The third-order valence-electron chi connectivity index (χ3n) is 2.60. The predicted octanol–water partition coefficient (Wildman–Crippen LogP) is 2.76. The van der Waals surface area contributed by atoms with Crippen LogP contribution in [0.2, 0.25) is 0 Å². The summed E-state index contributed by atoms with van der Waals surface area (Å²) in [5, 5.41) is 13.1. The van der Waals surface area contributed by atoms with Gasteiger partial charge in [0.1, 0.15) is 0 Å². The Balaban J connectivity index is 3.06. The van der Waals surface area contributed by atoms with Gasteiger partial charge in [-0.05, 0) is 12.5 Å². The highest BCUT2D eigenvalue weighted by molar-refractivity contribution is 5.57. The number of non-ortho nitro benzene ring substituents is 1. The number of nitrogens with two attached hydrogens (primary N) is 1. The summed E-state index contributed by atoms with van der Waals surface area (Å²) in [5.74, 6) is 0. The Kier molecular flexibility index (Phi) is 4.71. The van der Waals surface area contributed by atoms with E-state index in [9.17, 15) is 23.3 Å². The number of nitro benzene ring substituents is 1. The number of anilines is 1. The van der Waals surface area contributed by atoms with Gasteiger partial charge < -0.3 is 11.1 Å². The van der Waals surface area contributed by atoms with Gasteiger partial charge in [-0.1, -0.05) is 6.92 Å². The molecule has 0 aliphatic rings. The molecule has 106 valence electrons. The Morgan fingerprint density at radius 1 is 1.47 bits per heavy atom. The SMILES string of the molecule is CCC(N)CNc1ccc([N+](=O)[O-])cc1C(F)(F)F. The van der Waals surface area contributed by atoms with Gasteiger partial charge in [0.2, 0.25) is 0 Å². The molecule has 0 spiro atoms. The lowest BCUT2D eigenvalue weighted by atomic mass is 10.1. The summed E-state index contributed by atoms with van der Waals surface area (Å²) in [6, 6.07) is 2.30. The molecule has 1 aromatic carbocycles. The molecule has 0 fully saturated rings. The van der Waals surface area contributed by atoms with E-state index in [1.54, 1.807) is 0 Å². The summed E-state index contributed by atoms with van der Waals surface area (Å²) < 4.78 is 38.4. The zero-order valence-corrected chi connectivity index (χ0v) is 10.2. The number of rotatable bonds is 5. The van der Waals surface area contributed by atoms with E-state index in [0.29, 0.717) is 12.5 Å². The zero-order valence-electron chi connectivity index (χ0n) is 10.2. The topological polar surface area (TPSA) is 81.2 Å². The minimum absolute atomic E-state index is 0.164. The molecule has 0 heterocycles. The van der Waals surface area contributed by atoms with E-state index in [-0.39, 0.29) is 18.3 Å². The molecule has 0 radical (unpaired) electrons. The second kappa shape index (κ2) is 5.87. The summed E-state index contributed by atoms with van der Waals surface area (Å²) in [7, 11) is 0. The fourth-order valence-corrected chi connectivity index (χ4v) is 1.42. The minimum Gasteiger partial charge on any atom is -0.383 e. The lowest BCUT2D eigenvalue weighted by Gasteiger charge is -2.16. The van der Waals surface area contributed by atoms with Gasteiger partial charge in [-0.2, -0.15) is 13.2 Å². The van der Waals surface area contributed by atoms with Crippen LogP contribution in [0.3, 0.4) is 0 Å². The lowest BCUT2D eigenvalue weighted by Crippen LogP contribution is -2.28. The van der Waals surface area contributed by atoms with Crippen molar-refractivity contribution in [3.05, 3.63) is 33.9 Å². The molecule has 1 aromatic rings. The van der Waals surface area contributed by atoms with Gasteiger partial charge in [-0.25, -0.2) is 0 Å². The molecule has 1 rings (SSSR count). The van der Waals surface area contributed by atoms with Gasteiger partial charge in [0.05, 0.1) is 10.5 Å². The van der Waals surface area contributed by atoms with Crippen molar-refractivity contribution in [1.82, 2.24) is 0 Å². The molecule has 19 heavy (non-hydrogen) atoms. The summed E-state index contributed by atoms with van der Waals surface area (Å²) >= 11 is 0. The number of nitro groups is 1. The van der Waals surface area contributed by atoms with E-state index in [4.69, 9.17) is 5.73 Å². The minimum atomic E-state index is -4.66. The van der Waals surface area contributed by atoms with Gasteiger partial charge in [0.25, 0.3) is 5.69 Å². The van der Waals surface area contributed by atoms with Crippen LogP contribution in [0.4, 0.5) is 24.5 Å². The number of nitrogens with one attached hydrogen (secondary N) is 1. The molecule has 0 bridgehead atoms. The van der Waals surface area contributed by atoms with Gasteiger partial charge in [-0.3, -0.25) is 10.1 Å². The Morgan fingerprint density at radius 3 is 2.58 bits per heavy atom. The Bertz CT molecular complexity index is 463. The first-order chi connectivity index (χ1) is 8.75. The molecule has 0 saturated carbocycles. The molecule has 0 aliphatic carbocycles. The largest absolute Gasteiger partial charge is 0.418 e. The Labute approximate surface area is 107 Å². The van der Waals surface area contributed by atoms with Crippen molar-refractivity contribution in [3.63, 3.8) is 0 Å². The van der Waals surface area contributed by atoms with Crippen molar-refractivity contribution in [2.24, 2.45) is 5.73 Å². The maximum Gasteiger partial charge on any atom is 0.418 e. The van der Waals surface area contributed by atoms with Crippen molar-refractivity contribution in [1.29, 1.82) is 0 Å². The van der Waals surface area contributed by atoms with Crippen LogP contribution in [0.1, 0.15) is 18.9 Å².